The summed E-state index contributed by atoms with van der Waals surface area (Å²) in [6.45, 7) is 1.95. The summed E-state index contributed by atoms with van der Waals surface area (Å²) < 4.78 is 5.33. The molecule has 0 bridgehead atoms. The minimum atomic E-state index is -0.640. The van der Waals surface area contributed by atoms with E-state index in [2.05, 4.69) is 12.2 Å². The van der Waals surface area contributed by atoms with E-state index in [1.165, 1.54) is 0 Å². The summed E-state index contributed by atoms with van der Waals surface area (Å²) in [6, 6.07) is 9.39. The molecule has 0 unspecified atom stereocenters. The lowest BCUT2D eigenvalue weighted by Gasteiger charge is -2.33. The van der Waals surface area contributed by atoms with Gasteiger partial charge in [-0.2, -0.15) is 0 Å². The molecule has 1 aromatic rings. The minimum Gasteiger partial charge on any atom is -0.454 e. The third-order valence-electron chi connectivity index (χ3n) is 6.35. The number of fused-ring (bicyclic) bond motifs is 1. The highest BCUT2D eigenvalue weighted by Crippen LogP contribution is 2.54. The minimum absolute atomic E-state index is 0.0263. The highest BCUT2D eigenvalue weighted by molar-refractivity contribution is 8.00. The van der Waals surface area contributed by atoms with E-state index >= 15 is 0 Å². The molecule has 7 heteroatoms. The van der Waals surface area contributed by atoms with Gasteiger partial charge in [0.05, 0.1) is 0 Å². The van der Waals surface area contributed by atoms with Crippen LogP contribution in [0.3, 0.4) is 0 Å². The molecule has 1 aromatic carbocycles. The van der Waals surface area contributed by atoms with Crippen LogP contribution in [0.2, 0.25) is 0 Å². The molecule has 0 aromatic heterocycles. The monoisotopic (exact) mass is 416 g/mol. The Morgan fingerprint density at radius 2 is 1.93 bits per heavy atom. The molecule has 156 valence electrons. The van der Waals surface area contributed by atoms with Crippen LogP contribution in [0.4, 0.5) is 0 Å². The normalized spacial score (nSPS) is 31.4. The molecule has 1 aliphatic carbocycles. The van der Waals surface area contributed by atoms with Crippen molar-refractivity contribution in [2.75, 3.05) is 12.4 Å². The fourth-order valence-corrected chi connectivity index (χ4v) is 6.36. The quantitative estimate of drug-likeness (QED) is 0.747. The van der Waals surface area contributed by atoms with Crippen LogP contribution in [-0.4, -0.2) is 47.1 Å². The summed E-state index contributed by atoms with van der Waals surface area (Å²) in [4.78, 5) is 38.7. The Balaban J connectivity index is 1.36. The molecular weight excluding hydrogens is 388 g/mol. The predicted octanol–water partition coefficient (Wildman–Crippen LogP) is 2.82. The zero-order chi connectivity index (χ0) is 20.4. The number of ether oxygens (including phenoxy) is 1. The fraction of sp³-hybridized carbons (Fsp3) is 0.591. The van der Waals surface area contributed by atoms with Crippen LogP contribution in [-0.2, 0) is 24.0 Å². The second kappa shape index (κ2) is 8.38. The van der Waals surface area contributed by atoms with Crippen LogP contribution in [0.25, 0.3) is 0 Å². The van der Waals surface area contributed by atoms with Gasteiger partial charge in [0.1, 0.15) is 10.9 Å². The molecule has 4 rings (SSSR count). The average molecular weight is 417 g/mol. The molecule has 2 aliphatic heterocycles. The number of benzene rings is 1. The van der Waals surface area contributed by atoms with Gasteiger partial charge in [-0.1, -0.05) is 37.3 Å². The van der Waals surface area contributed by atoms with E-state index in [-0.39, 0.29) is 24.5 Å². The van der Waals surface area contributed by atoms with Crippen molar-refractivity contribution in [1.29, 1.82) is 0 Å². The lowest BCUT2D eigenvalue weighted by Crippen LogP contribution is -2.47. The number of hydrogen-bond acceptors (Lipinski definition) is 5. The van der Waals surface area contributed by atoms with Crippen LogP contribution in [0.1, 0.15) is 51.0 Å². The molecule has 2 saturated heterocycles. The van der Waals surface area contributed by atoms with Gasteiger partial charge in [-0.15, -0.1) is 11.8 Å². The van der Waals surface area contributed by atoms with Crippen LogP contribution < -0.4 is 5.32 Å². The molecule has 2 amide bonds. The molecule has 29 heavy (non-hydrogen) atoms. The van der Waals surface area contributed by atoms with Crippen molar-refractivity contribution in [3.8, 4) is 0 Å². The maximum Gasteiger partial charge on any atom is 0.330 e. The summed E-state index contributed by atoms with van der Waals surface area (Å²) >= 11 is 1.62. The third kappa shape index (κ3) is 4.02. The number of carbonyl (C=O) groups is 3. The first-order valence-electron chi connectivity index (χ1n) is 10.5. The summed E-state index contributed by atoms with van der Waals surface area (Å²) in [5, 5.41) is 2.97. The van der Waals surface area contributed by atoms with Gasteiger partial charge in [-0.05, 0) is 43.6 Å². The van der Waals surface area contributed by atoms with Gasteiger partial charge in [0.25, 0.3) is 5.91 Å². The number of thioether (sulfide) groups is 1. The smallest absolute Gasteiger partial charge is 0.330 e. The molecule has 2 atom stereocenters. The molecular formula is C22H28N2O4S. The topological polar surface area (TPSA) is 75.7 Å². The fourth-order valence-electron chi connectivity index (χ4n) is 4.72. The Morgan fingerprint density at radius 1 is 1.21 bits per heavy atom. The first-order valence-corrected chi connectivity index (χ1v) is 11.5. The zero-order valence-corrected chi connectivity index (χ0v) is 17.6. The predicted molar refractivity (Wildman–Crippen MR) is 111 cm³/mol. The van der Waals surface area contributed by atoms with Crippen molar-refractivity contribution >= 4 is 29.5 Å². The van der Waals surface area contributed by atoms with Crippen molar-refractivity contribution in [1.82, 2.24) is 10.2 Å². The van der Waals surface area contributed by atoms with E-state index in [1.807, 2.05) is 30.3 Å². The Bertz CT molecular complexity index is 778. The number of carbonyl (C=O) groups excluding carboxylic acids is 3. The van der Waals surface area contributed by atoms with Gasteiger partial charge in [0, 0.05) is 18.2 Å². The van der Waals surface area contributed by atoms with Gasteiger partial charge in [0.15, 0.2) is 6.61 Å². The molecule has 0 radical (unpaired) electrons. The Kier molecular flexibility index (Phi) is 5.86. The molecule has 3 fully saturated rings. The molecule has 0 spiro atoms. The zero-order valence-electron chi connectivity index (χ0n) is 16.8. The first kappa shape index (κ1) is 20.3. The Labute approximate surface area is 175 Å². The summed E-state index contributed by atoms with van der Waals surface area (Å²) in [5.74, 6) is 0.426. The maximum atomic E-state index is 12.7. The van der Waals surface area contributed by atoms with E-state index in [1.54, 1.807) is 16.7 Å². The van der Waals surface area contributed by atoms with Crippen molar-refractivity contribution in [3.05, 3.63) is 35.9 Å². The number of esters is 1. The van der Waals surface area contributed by atoms with E-state index in [9.17, 15) is 14.4 Å². The largest absolute Gasteiger partial charge is 0.454 e. The van der Waals surface area contributed by atoms with E-state index in [4.69, 9.17) is 4.74 Å². The standard InChI is InChI=1S/C22H28N2O4S/c1-15-7-9-17(10-8-15)23-19(25)13-28-21(27)18-14-29-22(12-11-20(26)24(18)22)16-5-3-2-4-6-16/h2-6,15,17-18H,7-14H2,1H3,(H,23,25)/t15?,17?,18-,22+/m1/s1. The highest BCUT2D eigenvalue weighted by atomic mass is 32.2. The Hall–Kier alpha value is -2.02. The van der Waals surface area contributed by atoms with Gasteiger partial charge in [-0.25, -0.2) is 4.79 Å². The third-order valence-corrected chi connectivity index (χ3v) is 7.95. The van der Waals surface area contributed by atoms with E-state index < -0.39 is 16.9 Å². The van der Waals surface area contributed by atoms with Crippen LogP contribution in [0, 0.1) is 5.92 Å². The molecule has 1 saturated carbocycles. The van der Waals surface area contributed by atoms with Crippen LogP contribution in [0.15, 0.2) is 30.3 Å². The van der Waals surface area contributed by atoms with Crippen molar-refractivity contribution in [2.24, 2.45) is 5.92 Å². The number of nitrogens with zero attached hydrogens (tertiary/aromatic N) is 1. The van der Waals surface area contributed by atoms with Crippen LogP contribution >= 0.6 is 11.8 Å². The van der Waals surface area contributed by atoms with E-state index in [0.717, 1.165) is 31.2 Å². The number of nitrogens with one attached hydrogen (secondary N) is 1. The van der Waals surface area contributed by atoms with Crippen molar-refractivity contribution in [3.63, 3.8) is 0 Å². The summed E-state index contributed by atoms with van der Waals surface area (Å²) in [7, 11) is 0. The van der Waals surface area contributed by atoms with E-state index in [0.29, 0.717) is 24.5 Å². The van der Waals surface area contributed by atoms with Crippen molar-refractivity contribution in [2.45, 2.75) is 62.4 Å². The highest BCUT2D eigenvalue weighted by Gasteiger charge is 2.57. The Morgan fingerprint density at radius 3 is 2.66 bits per heavy atom. The van der Waals surface area contributed by atoms with Crippen molar-refractivity contribution < 1.29 is 19.1 Å². The number of amides is 2. The molecule has 3 aliphatic rings. The maximum absolute atomic E-state index is 12.7. The molecule has 1 N–H and O–H groups in total. The molecule has 2 heterocycles. The van der Waals surface area contributed by atoms with Crippen LogP contribution in [0.5, 0.6) is 0 Å². The first-order chi connectivity index (χ1) is 14.0. The summed E-state index contributed by atoms with van der Waals surface area (Å²) in [5.41, 5.74) is 1.04. The lowest BCUT2D eigenvalue weighted by molar-refractivity contribution is -0.156. The van der Waals surface area contributed by atoms with Gasteiger partial charge in [-0.3, -0.25) is 9.59 Å². The summed E-state index contributed by atoms with van der Waals surface area (Å²) in [6.07, 6.45) is 5.28. The average Bonchev–Trinajstić information content (AvgIpc) is 3.28. The second-order valence-corrected chi connectivity index (χ2v) is 9.67. The molecule has 6 nitrogen and oxygen atoms in total. The van der Waals surface area contributed by atoms with Gasteiger partial charge in [0.2, 0.25) is 5.91 Å². The lowest BCUT2D eigenvalue weighted by atomic mass is 9.87. The number of hydrogen-bond donors (Lipinski definition) is 1. The SMILES string of the molecule is CC1CCC(NC(=O)COC(=O)[C@H]2CS[C@]3(c4ccccc4)CCC(=O)N23)CC1. The van der Waals surface area contributed by atoms with Gasteiger partial charge >= 0.3 is 5.97 Å². The second-order valence-electron chi connectivity index (χ2n) is 8.37. The number of rotatable bonds is 5. The van der Waals surface area contributed by atoms with Gasteiger partial charge < -0.3 is 15.0 Å².